The van der Waals surface area contributed by atoms with Crippen LogP contribution < -0.4 is 9.75 Å². The molecule has 0 saturated heterocycles. The maximum atomic E-state index is 9.66. The number of ether oxygens (including phenoxy) is 1. The van der Waals surface area contributed by atoms with Crippen molar-refractivity contribution >= 4 is 17.5 Å². The molecule has 2 aromatic heterocycles. The van der Waals surface area contributed by atoms with Crippen LogP contribution in [0.1, 0.15) is 23.5 Å². The second-order valence-electron chi connectivity index (χ2n) is 6.34. The summed E-state index contributed by atoms with van der Waals surface area (Å²) >= 11 is 0. The third kappa shape index (κ3) is 2.61. The smallest absolute Gasteiger partial charge is 0.163 e. The molecule has 0 fully saturated rings. The monoisotopic (exact) mass is 351 g/mol. The fourth-order valence-corrected chi connectivity index (χ4v) is 3.38. The molecule has 0 radical (unpaired) electrons. The summed E-state index contributed by atoms with van der Waals surface area (Å²) in [6, 6.07) is 7.89. The number of fused-ring (bicyclic) bond motifs is 1. The summed E-state index contributed by atoms with van der Waals surface area (Å²) in [5.74, 6) is 0.747. The number of anilines is 1. The van der Waals surface area contributed by atoms with Crippen molar-refractivity contribution in [3.63, 3.8) is 0 Å². The van der Waals surface area contributed by atoms with E-state index < -0.39 is 0 Å². The number of aromatic nitrogens is 3. The Kier molecular flexibility index (Phi) is 4.08. The van der Waals surface area contributed by atoms with E-state index in [1.165, 1.54) is 0 Å². The molecule has 0 amide bonds. The minimum absolute atomic E-state index is 0.0938. The normalized spacial score (nSPS) is 13.8. The van der Waals surface area contributed by atoms with Crippen LogP contribution in [0.4, 0.5) is 5.69 Å². The van der Waals surface area contributed by atoms with Crippen LogP contribution in [-0.4, -0.2) is 39.6 Å². The first-order valence-corrected chi connectivity index (χ1v) is 8.57. The second-order valence-corrected chi connectivity index (χ2v) is 6.34. The number of hydrazone groups is 1. The van der Waals surface area contributed by atoms with Crippen LogP contribution in [0.5, 0.6) is 5.75 Å². The highest BCUT2D eigenvalue weighted by molar-refractivity contribution is 5.85. The zero-order chi connectivity index (χ0) is 18.3. The van der Waals surface area contributed by atoms with Gasteiger partial charge in [0.05, 0.1) is 36.4 Å². The SMILES string of the molecule is COc1cc(N2CCC=N2)ccc1-c1c(C)nn2c(CO)cc(C)nc12. The van der Waals surface area contributed by atoms with Crippen molar-refractivity contribution in [2.75, 3.05) is 18.7 Å². The van der Waals surface area contributed by atoms with Gasteiger partial charge in [-0.2, -0.15) is 10.2 Å². The topological polar surface area (TPSA) is 75.2 Å². The van der Waals surface area contributed by atoms with Gasteiger partial charge in [0.2, 0.25) is 0 Å². The molecule has 7 nitrogen and oxygen atoms in total. The first kappa shape index (κ1) is 16.5. The van der Waals surface area contributed by atoms with Crippen LogP contribution in [0.3, 0.4) is 0 Å². The zero-order valence-corrected chi connectivity index (χ0v) is 15.1. The van der Waals surface area contributed by atoms with Gasteiger partial charge in [0, 0.05) is 36.5 Å². The van der Waals surface area contributed by atoms with Crippen molar-refractivity contribution in [1.29, 1.82) is 0 Å². The van der Waals surface area contributed by atoms with Crippen LogP contribution in [0.15, 0.2) is 29.4 Å². The summed E-state index contributed by atoms with van der Waals surface area (Å²) in [5, 5.41) is 20.6. The number of aliphatic hydroxyl groups is 1. The van der Waals surface area contributed by atoms with E-state index in [-0.39, 0.29) is 6.61 Å². The molecule has 0 atom stereocenters. The third-order valence-corrected chi connectivity index (χ3v) is 4.57. The van der Waals surface area contributed by atoms with Crippen molar-refractivity contribution < 1.29 is 9.84 Å². The lowest BCUT2D eigenvalue weighted by Gasteiger charge is -2.16. The van der Waals surface area contributed by atoms with Crippen molar-refractivity contribution in [1.82, 2.24) is 14.6 Å². The highest BCUT2D eigenvalue weighted by atomic mass is 16.5. The van der Waals surface area contributed by atoms with Gasteiger partial charge in [-0.05, 0) is 32.0 Å². The number of methoxy groups -OCH3 is 1. The quantitative estimate of drug-likeness (QED) is 0.782. The molecule has 1 aliphatic heterocycles. The lowest BCUT2D eigenvalue weighted by atomic mass is 10.0. The molecule has 26 heavy (non-hydrogen) atoms. The Hall–Kier alpha value is -2.93. The lowest BCUT2D eigenvalue weighted by molar-refractivity contribution is 0.273. The predicted octanol–water partition coefficient (Wildman–Crippen LogP) is 2.71. The van der Waals surface area contributed by atoms with Crippen LogP contribution >= 0.6 is 0 Å². The summed E-state index contributed by atoms with van der Waals surface area (Å²) in [6.45, 7) is 4.64. The first-order valence-electron chi connectivity index (χ1n) is 8.57. The van der Waals surface area contributed by atoms with E-state index in [4.69, 9.17) is 4.74 Å². The molecule has 7 heteroatoms. The fraction of sp³-hybridized carbons (Fsp3) is 0.316. The van der Waals surface area contributed by atoms with Crippen molar-refractivity contribution in [2.24, 2.45) is 5.10 Å². The second kappa shape index (κ2) is 6.42. The molecule has 134 valence electrons. The van der Waals surface area contributed by atoms with Crippen LogP contribution in [0, 0.1) is 13.8 Å². The number of aliphatic hydroxyl groups excluding tert-OH is 1. The molecule has 0 saturated carbocycles. The third-order valence-electron chi connectivity index (χ3n) is 4.57. The largest absolute Gasteiger partial charge is 0.496 e. The van der Waals surface area contributed by atoms with E-state index >= 15 is 0 Å². The van der Waals surface area contributed by atoms with Gasteiger partial charge in [-0.15, -0.1) is 0 Å². The average Bonchev–Trinajstić information content (AvgIpc) is 3.28. The average molecular weight is 351 g/mol. The van der Waals surface area contributed by atoms with E-state index in [0.717, 1.165) is 52.6 Å². The molecule has 0 bridgehead atoms. The van der Waals surface area contributed by atoms with Gasteiger partial charge in [0.25, 0.3) is 0 Å². The van der Waals surface area contributed by atoms with Crippen LogP contribution in [0.2, 0.25) is 0 Å². The fourth-order valence-electron chi connectivity index (χ4n) is 3.38. The van der Waals surface area contributed by atoms with E-state index in [1.54, 1.807) is 11.6 Å². The Balaban J connectivity index is 1.91. The number of benzene rings is 1. The van der Waals surface area contributed by atoms with Crippen LogP contribution in [-0.2, 0) is 6.61 Å². The maximum absolute atomic E-state index is 9.66. The lowest BCUT2D eigenvalue weighted by Crippen LogP contribution is -2.11. The minimum atomic E-state index is -0.0938. The first-order chi connectivity index (χ1) is 12.6. The van der Waals surface area contributed by atoms with E-state index in [1.807, 2.05) is 49.3 Å². The van der Waals surface area contributed by atoms with Gasteiger partial charge in [-0.25, -0.2) is 9.50 Å². The van der Waals surface area contributed by atoms with Crippen molar-refractivity contribution in [2.45, 2.75) is 26.9 Å². The highest BCUT2D eigenvalue weighted by Crippen LogP contribution is 2.38. The van der Waals surface area contributed by atoms with Crippen LogP contribution in [0.25, 0.3) is 16.8 Å². The molecule has 4 rings (SSSR count). The number of hydrogen-bond donors (Lipinski definition) is 1. The molecule has 1 N–H and O–H groups in total. The van der Waals surface area contributed by atoms with Gasteiger partial charge in [-0.1, -0.05) is 0 Å². The molecule has 3 heterocycles. The van der Waals surface area contributed by atoms with Gasteiger partial charge in [0.15, 0.2) is 5.65 Å². The number of nitrogens with zero attached hydrogens (tertiary/aromatic N) is 5. The predicted molar refractivity (Wildman–Crippen MR) is 101 cm³/mol. The highest BCUT2D eigenvalue weighted by Gasteiger charge is 2.20. The Bertz CT molecular complexity index is 1010. The Morgan fingerprint density at radius 3 is 2.77 bits per heavy atom. The van der Waals surface area contributed by atoms with E-state index in [9.17, 15) is 5.11 Å². The summed E-state index contributed by atoms with van der Waals surface area (Å²) < 4.78 is 7.37. The van der Waals surface area contributed by atoms with Crippen molar-refractivity contribution in [3.8, 4) is 16.9 Å². The molecule has 3 aromatic rings. The van der Waals surface area contributed by atoms with Gasteiger partial charge in [-0.3, -0.25) is 5.01 Å². The molecule has 0 aliphatic carbocycles. The maximum Gasteiger partial charge on any atom is 0.163 e. The van der Waals surface area contributed by atoms with E-state index in [0.29, 0.717) is 5.69 Å². The minimum Gasteiger partial charge on any atom is -0.496 e. The molecule has 1 aromatic carbocycles. The summed E-state index contributed by atoms with van der Waals surface area (Å²) in [4.78, 5) is 4.66. The van der Waals surface area contributed by atoms with Gasteiger partial charge in [0.1, 0.15) is 5.75 Å². The Morgan fingerprint density at radius 1 is 1.23 bits per heavy atom. The van der Waals surface area contributed by atoms with Gasteiger partial charge >= 0.3 is 0 Å². The zero-order valence-electron chi connectivity index (χ0n) is 15.1. The van der Waals surface area contributed by atoms with Gasteiger partial charge < -0.3 is 9.84 Å². The number of hydrogen-bond acceptors (Lipinski definition) is 6. The molecule has 0 spiro atoms. The molecule has 1 aliphatic rings. The number of aryl methyl sites for hydroxylation is 2. The Morgan fingerprint density at radius 2 is 2.08 bits per heavy atom. The summed E-state index contributed by atoms with van der Waals surface area (Å²) in [6.07, 6.45) is 2.86. The number of rotatable bonds is 4. The summed E-state index contributed by atoms with van der Waals surface area (Å²) in [5.41, 5.74) is 5.94. The standard InChI is InChI=1S/C19H21N5O2/c1-12-9-15(11-25)24-19(21-12)18(13(2)22-24)16-6-5-14(10-17(16)26-3)23-8-4-7-20-23/h5-7,9-10,25H,4,8,11H2,1-3H3. The molecular weight excluding hydrogens is 330 g/mol. The van der Waals surface area contributed by atoms with Crippen molar-refractivity contribution in [3.05, 3.63) is 41.3 Å². The summed E-state index contributed by atoms with van der Waals surface area (Å²) in [7, 11) is 1.66. The molecular formula is C19H21N5O2. The Labute approximate surface area is 151 Å². The molecule has 0 unspecified atom stereocenters. The van der Waals surface area contributed by atoms with E-state index in [2.05, 4.69) is 15.2 Å².